The summed E-state index contributed by atoms with van der Waals surface area (Å²) in [6.07, 6.45) is 0. The van der Waals surface area contributed by atoms with Crippen LogP contribution in [0.2, 0.25) is 0 Å². The molecule has 4 heteroatoms. The van der Waals surface area contributed by atoms with E-state index in [2.05, 4.69) is 0 Å². The third-order valence-electron chi connectivity index (χ3n) is 1.59. The normalized spacial score (nSPS) is 11.2. The Morgan fingerprint density at radius 1 is 1.33 bits per heavy atom. The van der Waals surface area contributed by atoms with Crippen LogP contribution >= 0.6 is 8.96 Å². The molecule has 1 aromatic carbocycles. The van der Waals surface area contributed by atoms with Gasteiger partial charge in [0.2, 0.25) is 0 Å². The molecule has 0 radical (unpaired) electrons. The summed E-state index contributed by atoms with van der Waals surface area (Å²) in [7, 11) is 5.87. The molecule has 0 aliphatic heterocycles. The van der Waals surface area contributed by atoms with Crippen LogP contribution < -0.4 is 3.61 Å². The van der Waals surface area contributed by atoms with Crippen molar-refractivity contribution in [1.29, 1.82) is 0 Å². The number of hydrogen-bond donors (Lipinski definition) is 0. The van der Waals surface area contributed by atoms with Gasteiger partial charge in [-0.05, 0) is 0 Å². The zero-order valence-electron chi connectivity index (χ0n) is 8.91. The molecule has 0 saturated heterocycles. The molecule has 0 saturated carbocycles. The van der Waals surface area contributed by atoms with E-state index in [1.165, 1.54) is 0 Å². The van der Waals surface area contributed by atoms with Crippen molar-refractivity contribution >= 4 is 38.3 Å². The van der Waals surface area contributed by atoms with Gasteiger partial charge in [0.05, 0.1) is 0 Å². The second kappa shape index (κ2) is 5.20. The Kier molecular flexibility index (Phi) is 4.45. The molecule has 0 atom stereocenters. The Bertz CT molecular complexity index is 358. The van der Waals surface area contributed by atoms with E-state index in [9.17, 15) is 4.79 Å². The quantitative estimate of drug-likeness (QED) is 0.609. The van der Waals surface area contributed by atoms with Crippen molar-refractivity contribution in [2.45, 2.75) is 26.4 Å². The Hall–Kier alpha value is -0.230. The van der Waals surface area contributed by atoms with Crippen LogP contribution in [0.5, 0.6) is 0 Å². The van der Waals surface area contributed by atoms with Crippen molar-refractivity contribution in [3.05, 3.63) is 29.8 Å². The molecule has 0 amide bonds. The molecule has 2 nitrogen and oxygen atoms in total. The second-order valence-corrected chi connectivity index (χ2v) is 6.81. The van der Waals surface area contributed by atoms with Gasteiger partial charge < -0.3 is 0 Å². The molecular weight excluding hydrogens is 327 g/mol. The zero-order chi connectivity index (χ0) is 11.5. The second-order valence-electron chi connectivity index (χ2n) is 4.08. The first kappa shape index (κ1) is 12.8. The number of carbonyl (C=O) groups is 1. The van der Waals surface area contributed by atoms with Gasteiger partial charge in [0.15, 0.2) is 0 Å². The zero-order valence-corrected chi connectivity index (χ0v) is 12.0. The summed E-state index contributed by atoms with van der Waals surface area (Å²) in [6, 6.07) is 7.35. The predicted octanol–water partition coefficient (Wildman–Crippen LogP) is 2.13. The van der Waals surface area contributed by atoms with Gasteiger partial charge in [-0.3, -0.25) is 0 Å². The summed E-state index contributed by atoms with van der Waals surface area (Å²) in [5.41, 5.74) is 0.140. The Balaban J connectivity index is 2.91. The molecule has 0 unspecified atom stereocenters. The number of hydrogen-bond acceptors (Lipinski definition) is 2. The molecule has 0 aliphatic carbocycles. The van der Waals surface area contributed by atoms with Crippen molar-refractivity contribution in [3.63, 3.8) is 0 Å². The molecule has 0 N–H and O–H groups in total. The topological polar surface area (TPSA) is 26.3 Å². The van der Waals surface area contributed by atoms with E-state index in [1.807, 2.05) is 39.0 Å². The van der Waals surface area contributed by atoms with Crippen LogP contribution in [0, 0.1) is 0 Å². The first-order chi connectivity index (χ1) is 6.94. The molecule has 1 aromatic rings. The summed E-state index contributed by atoms with van der Waals surface area (Å²) in [5.74, 6) is -0.288. The number of benzene rings is 1. The number of halogens is 1. The van der Waals surface area contributed by atoms with Gasteiger partial charge in [0, 0.05) is 0 Å². The first-order valence-corrected chi connectivity index (χ1v) is 8.66. The van der Waals surface area contributed by atoms with E-state index >= 15 is 0 Å². The molecule has 0 aromatic heterocycles. The van der Waals surface area contributed by atoms with Crippen molar-refractivity contribution in [2.75, 3.05) is 0 Å². The standard InChI is InChI=1S/C11H13ClO2Te/c1-11(2,3)14-10(13)8-6-4-5-7-9(8)15-12/h4-7H,1-3H3. The molecule has 0 heterocycles. The van der Waals surface area contributed by atoms with Crippen molar-refractivity contribution in [2.24, 2.45) is 0 Å². The van der Waals surface area contributed by atoms with Gasteiger partial charge in [-0.1, -0.05) is 0 Å². The fraction of sp³-hybridized carbons (Fsp3) is 0.364. The van der Waals surface area contributed by atoms with Crippen LogP contribution in [0.25, 0.3) is 0 Å². The predicted molar refractivity (Wildman–Crippen MR) is 62.9 cm³/mol. The number of carbonyl (C=O) groups excluding carboxylic acids is 1. The van der Waals surface area contributed by atoms with Gasteiger partial charge in [-0.2, -0.15) is 0 Å². The fourth-order valence-corrected chi connectivity index (χ4v) is 2.98. The van der Waals surface area contributed by atoms with Crippen molar-refractivity contribution in [1.82, 2.24) is 0 Å². The molecular formula is C11H13ClO2Te. The molecule has 0 spiro atoms. The van der Waals surface area contributed by atoms with Crippen LogP contribution in [0.1, 0.15) is 31.1 Å². The molecule has 0 bridgehead atoms. The maximum absolute atomic E-state index is 11.8. The molecule has 1 rings (SSSR count). The van der Waals surface area contributed by atoms with Crippen molar-refractivity contribution in [3.8, 4) is 0 Å². The number of esters is 1. The van der Waals surface area contributed by atoms with E-state index < -0.39 is 25.4 Å². The Labute approximate surface area is 104 Å². The third kappa shape index (κ3) is 4.02. The van der Waals surface area contributed by atoms with E-state index in [-0.39, 0.29) is 5.97 Å². The summed E-state index contributed by atoms with van der Waals surface area (Å²) in [6.45, 7) is 5.56. The van der Waals surface area contributed by atoms with Gasteiger partial charge >= 0.3 is 104 Å². The van der Waals surface area contributed by atoms with E-state index in [4.69, 9.17) is 13.7 Å². The van der Waals surface area contributed by atoms with E-state index in [0.717, 1.165) is 3.61 Å². The Morgan fingerprint density at radius 2 is 1.93 bits per heavy atom. The average Bonchev–Trinajstić information content (AvgIpc) is 2.15. The maximum atomic E-state index is 11.8. The fourth-order valence-electron chi connectivity index (χ4n) is 1.04. The first-order valence-electron chi connectivity index (χ1n) is 4.55. The molecule has 15 heavy (non-hydrogen) atoms. The number of rotatable bonds is 2. The van der Waals surface area contributed by atoms with Gasteiger partial charge in [0.25, 0.3) is 0 Å². The molecule has 0 fully saturated rings. The van der Waals surface area contributed by atoms with E-state index in [0.29, 0.717) is 5.56 Å². The van der Waals surface area contributed by atoms with Crippen LogP contribution in [0.15, 0.2) is 24.3 Å². The van der Waals surface area contributed by atoms with Crippen LogP contribution in [0.3, 0.4) is 0 Å². The third-order valence-corrected chi connectivity index (χ3v) is 4.19. The number of ether oxygens (including phenoxy) is 1. The summed E-state index contributed by atoms with van der Waals surface area (Å²) in [4.78, 5) is 11.8. The monoisotopic (exact) mass is 342 g/mol. The Morgan fingerprint density at radius 3 is 2.47 bits per heavy atom. The summed E-state index contributed by atoms with van der Waals surface area (Å²) < 4.78 is 6.22. The minimum atomic E-state index is -0.787. The SMILES string of the molecule is CC(C)(C)OC(=O)c1ccccc1[Te]Cl. The summed E-state index contributed by atoms with van der Waals surface area (Å²) >= 11 is -0.787. The van der Waals surface area contributed by atoms with E-state index in [1.54, 1.807) is 6.07 Å². The minimum absolute atomic E-state index is 0.288. The summed E-state index contributed by atoms with van der Waals surface area (Å²) in [5, 5.41) is 0. The molecule has 0 aliphatic rings. The van der Waals surface area contributed by atoms with Crippen LogP contribution in [0.4, 0.5) is 0 Å². The van der Waals surface area contributed by atoms with Crippen molar-refractivity contribution < 1.29 is 9.53 Å². The van der Waals surface area contributed by atoms with Gasteiger partial charge in [-0.15, -0.1) is 0 Å². The van der Waals surface area contributed by atoms with Crippen LogP contribution in [-0.2, 0) is 4.74 Å². The molecule has 82 valence electrons. The van der Waals surface area contributed by atoms with Crippen LogP contribution in [-0.4, -0.2) is 31.4 Å². The average molecular weight is 340 g/mol. The van der Waals surface area contributed by atoms with Gasteiger partial charge in [-0.25, -0.2) is 0 Å². The van der Waals surface area contributed by atoms with Gasteiger partial charge in [0.1, 0.15) is 0 Å².